The van der Waals surface area contributed by atoms with Crippen molar-refractivity contribution in [3.8, 4) is 0 Å². The topological polar surface area (TPSA) is 60.9 Å². The molecule has 0 saturated carbocycles. The summed E-state index contributed by atoms with van der Waals surface area (Å²) in [5.41, 5.74) is 0. The molecule has 1 amide bonds. The van der Waals surface area contributed by atoms with Gasteiger partial charge in [-0.15, -0.1) is 0 Å². The van der Waals surface area contributed by atoms with E-state index >= 15 is 0 Å². The summed E-state index contributed by atoms with van der Waals surface area (Å²) in [5.74, 6) is -1.92. The number of halogens is 3. The van der Waals surface area contributed by atoms with Gasteiger partial charge in [0.1, 0.15) is 6.54 Å². The van der Waals surface area contributed by atoms with Crippen LogP contribution in [0.5, 0.6) is 0 Å². The number of alkyl halides is 3. The molecule has 0 aliphatic carbocycles. The third-order valence-corrected chi connectivity index (χ3v) is 1.65. The Morgan fingerprint density at radius 1 is 1.19 bits per heavy atom. The summed E-state index contributed by atoms with van der Waals surface area (Å²) in [4.78, 5) is 23.1. The molecule has 0 saturated heterocycles. The van der Waals surface area contributed by atoms with E-state index in [0.29, 0.717) is 4.90 Å². The van der Waals surface area contributed by atoms with Crippen LogP contribution in [0.2, 0.25) is 0 Å². The Morgan fingerprint density at radius 2 is 1.69 bits per heavy atom. The van der Waals surface area contributed by atoms with E-state index in [2.05, 4.69) is 0 Å². The molecule has 1 N–H and O–H groups in total. The molecule has 16 heavy (non-hydrogen) atoms. The van der Waals surface area contributed by atoms with Gasteiger partial charge in [0.2, 0.25) is 5.91 Å². The fraction of sp³-hybridized carbons (Fsp3) is 0.750. The first-order valence-electron chi connectivity index (χ1n) is 4.33. The quantitative estimate of drug-likeness (QED) is 0.738. The third kappa shape index (κ3) is 7.04. The number of aliphatic carboxylic acids is 1. The second-order valence-electron chi connectivity index (χ2n) is 3.43. The van der Waals surface area contributed by atoms with E-state index in [1.807, 2.05) is 0 Å². The summed E-state index contributed by atoms with van der Waals surface area (Å²) in [6.45, 7) is -2.10. The number of carboxylic acid groups (broad SMARTS) is 1. The molecule has 0 aromatic rings. The molecule has 0 fully saturated rings. The average Bonchev–Trinajstić information content (AvgIpc) is 1.98. The fourth-order valence-corrected chi connectivity index (χ4v) is 0.996. The second kappa shape index (κ2) is 5.69. The minimum absolute atomic E-state index is 0.362. The van der Waals surface area contributed by atoms with E-state index in [1.54, 1.807) is 0 Å². The molecule has 94 valence electrons. The molecule has 0 aromatic heterocycles. The van der Waals surface area contributed by atoms with E-state index < -0.39 is 31.1 Å². The molecule has 0 aliphatic rings. The molecule has 0 radical (unpaired) electrons. The SMILES string of the molecule is CN(CC(=O)O)CC(=O)N(C)CC(F)(F)F. The first kappa shape index (κ1) is 14.7. The maximum Gasteiger partial charge on any atom is 0.406 e. The van der Waals surface area contributed by atoms with Gasteiger partial charge in [-0.3, -0.25) is 14.5 Å². The van der Waals surface area contributed by atoms with Crippen molar-refractivity contribution in [2.24, 2.45) is 0 Å². The van der Waals surface area contributed by atoms with Crippen molar-refractivity contribution in [3.63, 3.8) is 0 Å². The standard InChI is InChI=1S/C8H13F3N2O3/c1-12(4-7(15)16)3-6(14)13(2)5-8(9,10)11/h3-5H2,1-2H3,(H,15,16). The third-order valence-electron chi connectivity index (χ3n) is 1.65. The van der Waals surface area contributed by atoms with Gasteiger partial charge in [0.05, 0.1) is 13.1 Å². The van der Waals surface area contributed by atoms with Crippen molar-refractivity contribution in [2.75, 3.05) is 33.7 Å². The van der Waals surface area contributed by atoms with Gasteiger partial charge in [-0.25, -0.2) is 0 Å². The monoisotopic (exact) mass is 242 g/mol. The van der Waals surface area contributed by atoms with Crippen molar-refractivity contribution >= 4 is 11.9 Å². The summed E-state index contributed by atoms with van der Waals surface area (Å²) < 4.78 is 35.7. The second-order valence-corrected chi connectivity index (χ2v) is 3.43. The predicted molar refractivity (Wildman–Crippen MR) is 48.8 cm³/mol. The van der Waals surface area contributed by atoms with Crippen LogP contribution < -0.4 is 0 Å². The summed E-state index contributed by atoms with van der Waals surface area (Å²) in [6, 6.07) is 0. The van der Waals surface area contributed by atoms with Crippen molar-refractivity contribution in [3.05, 3.63) is 0 Å². The first-order chi connectivity index (χ1) is 7.11. The van der Waals surface area contributed by atoms with E-state index in [1.165, 1.54) is 7.05 Å². The number of amides is 1. The number of hydrogen-bond acceptors (Lipinski definition) is 3. The van der Waals surface area contributed by atoms with Gasteiger partial charge in [-0.1, -0.05) is 0 Å². The fourth-order valence-electron chi connectivity index (χ4n) is 0.996. The van der Waals surface area contributed by atoms with E-state index in [0.717, 1.165) is 11.9 Å². The van der Waals surface area contributed by atoms with Gasteiger partial charge in [-0.05, 0) is 7.05 Å². The maximum absolute atomic E-state index is 11.9. The molecule has 0 bridgehead atoms. The Labute approximate surface area is 90.4 Å². The molecule has 0 unspecified atom stereocenters. The molecular formula is C8H13F3N2O3. The van der Waals surface area contributed by atoms with E-state index in [-0.39, 0.29) is 6.54 Å². The molecule has 0 atom stereocenters. The van der Waals surface area contributed by atoms with Crippen LogP contribution in [0.1, 0.15) is 0 Å². The molecule has 0 rings (SSSR count). The Balaban J connectivity index is 4.10. The zero-order chi connectivity index (χ0) is 12.9. The largest absolute Gasteiger partial charge is 0.480 e. The van der Waals surface area contributed by atoms with Gasteiger partial charge in [0.15, 0.2) is 0 Å². The van der Waals surface area contributed by atoms with Crippen LogP contribution in [-0.4, -0.2) is 66.7 Å². The minimum Gasteiger partial charge on any atom is -0.480 e. The van der Waals surface area contributed by atoms with Gasteiger partial charge in [0, 0.05) is 7.05 Å². The summed E-state index contributed by atoms with van der Waals surface area (Å²) >= 11 is 0. The summed E-state index contributed by atoms with van der Waals surface area (Å²) in [6.07, 6.45) is -4.45. The number of likely N-dealkylation sites (N-methyl/N-ethyl adjacent to an activating group) is 2. The highest BCUT2D eigenvalue weighted by Gasteiger charge is 2.31. The lowest BCUT2D eigenvalue weighted by atomic mass is 10.4. The zero-order valence-corrected chi connectivity index (χ0v) is 8.91. The van der Waals surface area contributed by atoms with Crippen LogP contribution in [0.15, 0.2) is 0 Å². The van der Waals surface area contributed by atoms with Crippen LogP contribution >= 0.6 is 0 Å². The predicted octanol–water partition coefficient (Wildman–Crippen LogP) is 0.0235. The lowest BCUT2D eigenvalue weighted by Crippen LogP contribution is -2.42. The zero-order valence-electron chi connectivity index (χ0n) is 8.91. The van der Waals surface area contributed by atoms with Gasteiger partial charge in [0.25, 0.3) is 0 Å². The molecule has 8 heteroatoms. The Morgan fingerprint density at radius 3 is 2.06 bits per heavy atom. The number of rotatable bonds is 5. The van der Waals surface area contributed by atoms with Crippen molar-refractivity contribution in [1.29, 1.82) is 0 Å². The normalized spacial score (nSPS) is 11.6. The highest BCUT2D eigenvalue weighted by Crippen LogP contribution is 2.15. The minimum atomic E-state index is -4.45. The highest BCUT2D eigenvalue weighted by molar-refractivity contribution is 5.78. The Hall–Kier alpha value is -1.31. The molecule has 0 spiro atoms. The van der Waals surface area contributed by atoms with Gasteiger partial charge < -0.3 is 10.0 Å². The van der Waals surface area contributed by atoms with Crippen molar-refractivity contribution in [1.82, 2.24) is 9.80 Å². The maximum atomic E-state index is 11.9. The van der Waals surface area contributed by atoms with Gasteiger partial charge in [-0.2, -0.15) is 13.2 Å². The van der Waals surface area contributed by atoms with Crippen LogP contribution in [0.3, 0.4) is 0 Å². The molecule has 0 heterocycles. The lowest BCUT2D eigenvalue weighted by Gasteiger charge is -2.21. The smallest absolute Gasteiger partial charge is 0.406 e. The number of hydrogen-bond donors (Lipinski definition) is 1. The van der Waals surface area contributed by atoms with Crippen molar-refractivity contribution in [2.45, 2.75) is 6.18 Å². The number of nitrogens with zero attached hydrogens (tertiary/aromatic N) is 2. The van der Waals surface area contributed by atoms with Crippen LogP contribution in [0, 0.1) is 0 Å². The number of carboxylic acids is 1. The van der Waals surface area contributed by atoms with Crippen LogP contribution in [0.4, 0.5) is 13.2 Å². The first-order valence-corrected chi connectivity index (χ1v) is 4.33. The summed E-state index contributed by atoms with van der Waals surface area (Å²) in [7, 11) is 2.36. The highest BCUT2D eigenvalue weighted by atomic mass is 19.4. The molecule has 0 aliphatic heterocycles. The lowest BCUT2D eigenvalue weighted by molar-refractivity contribution is -0.159. The molecule has 5 nitrogen and oxygen atoms in total. The van der Waals surface area contributed by atoms with E-state index in [9.17, 15) is 22.8 Å². The van der Waals surface area contributed by atoms with E-state index in [4.69, 9.17) is 5.11 Å². The summed E-state index contributed by atoms with van der Waals surface area (Å²) in [5, 5.41) is 8.38. The van der Waals surface area contributed by atoms with Gasteiger partial charge >= 0.3 is 12.1 Å². The number of carbonyl (C=O) groups is 2. The Bertz CT molecular complexity index is 268. The average molecular weight is 242 g/mol. The van der Waals surface area contributed by atoms with Crippen LogP contribution in [-0.2, 0) is 9.59 Å². The molecule has 0 aromatic carbocycles. The van der Waals surface area contributed by atoms with Crippen LogP contribution in [0.25, 0.3) is 0 Å². The van der Waals surface area contributed by atoms with Crippen molar-refractivity contribution < 1.29 is 27.9 Å². The number of carbonyl (C=O) groups excluding carboxylic acids is 1. The Kier molecular flexibility index (Phi) is 5.22. The molecular weight excluding hydrogens is 229 g/mol.